The number of rotatable bonds is 3. The van der Waals surface area contributed by atoms with Gasteiger partial charge in [-0.1, -0.05) is 0 Å². The summed E-state index contributed by atoms with van der Waals surface area (Å²) in [4.78, 5) is 14.5. The topological polar surface area (TPSA) is 53.7 Å². The summed E-state index contributed by atoms with van der Waals surface area (Å²) in [6.07, 6.45) is 3.43. The molecular formula is C15H23NO3. The van der Waals surface area contributed by atoms with Crippen LogP contribution >= 0.6 is 0 Å². The molecule has 2 rings (SSSR count). The zero-order valence-electron chi connectivity index (χ0n) is 12.0. The van der Waals surface area contributed by atoms with E-state index in [-0.39, 0.29) is 18.1 Å². The van der Waals surface area contributed by atoms with E-state index in [0.29, 0.717) is 17.7 Å². The molecule has 2 unspecified atom stereocenters. The predicted molar refractivity (Wildman–Crippen MR) is 73.2 cm³/mol. The molecule has 1 aromatic heterocycles. The first-order chi connectivity index (χ1) is 8.99. The highest BCUT2D eigenvalue weighted by Gasteiger charge is 2.29. The molecule has 1 amide bonds. The van der Waals surface area contributed by atoms with Crippen molar-refractivity contribution >= 4 is 5.91 Å². The number of carbonyl (C=O) groups excluding carboxylic acids is 1. The number of piperidine rings is 1. The standard InChI is InChI=1S/C15H23NO3/c1-10(17)8-13-6-4-5-7-16(13)15(18)14-9-11(2)19-12(14)3/h9-10,13,17H,4-8H2,1-3H3. The maximum absolute atomic E-state index is 12.6. The lowest BCUT2D eigenvalue weighted by Gasteiger charge is -2.36. The highest BCUT2D eigenvalue weighted by atomic mass is 16.3. The van der Waals surface area contributed by atoms with Crippen LogP contribution in [-0.4, -0.2) is 34.6 Å². The van der Waals surface area contributed by atoms with Gasteiger partial charge in [-0.2, -0.15) is 0 Å². The minimum Gasteiger partial charge on any atom is -0.466 e. The molecule has 0 saturated carbocycles. The van der Waals surface area contributed by atoms with E-state index >= 15 is 0 Å². The van der Waals surface area contributed by atoms with Gasteiger partial charge in [0, 0.05) is 12.6 Å². The lowest BCUT2D eigenvalue weighted by atomic mass is 9.96. The van der Waals surface area contributed by atoms with Gasteiger partial charge in [-0.05, 0) is 52.5 Å². The molecule has 0 aromatic carbocycles. The van der Waals surface area contributed by atoms with Crippen molar-refractivity contribution in [2.75, 3.05) is 6.54 Å². The molecule has 1 N–H and O–H groups in total. The molecule has 4 nitrogen and oxygen atoms in total. The minimum absolute atomic E-state index is 0.0414. The highest BCUT2D eigenvalue weighted by molar-refractivity contribution is 5.95. The number of likely N-dealkylation sites (tertiary alicyclic amines) is 1. The summed E-state index contributed by atoms with van der Waals surface area (Å²) in [6, 6.07) is 1.96. The zero-order valence-corrected chi connectivity index (χ0v) is 12.0. The van der Waals surface area contributed by atoms with E-state index in [1.807, 2.05) is 24.8 Å². The predicted octanol–water partition coefficient (Wildman–Crippen LogP) is 2.66. The fourth-order valence-corrected chi connectivity index (χ4v) is 2.90. The number of aliphatic hydroxyl groups excluding tert-OH is 1. The second-order valence-electron chi connectivity index (χ2n) is 5.56. The zero-order chi connectivity index (χ0) is 14.0. The Kier molecular flexibility index (Phi) is 4.30. The third kappa shape index (κ3) is 3.18. The third-order valence-electron chi connectivity index (χ3n) is 3.77. The Labute approximate surface area is 114 Å². The van der Waals surface area contributed by atoms with Crippen LogP contribution in [0.5, 0.6) is 0 Å². The van der Waals surface area contributed by atoms with Crippen molar-refractivity contribution < 1.29 is 14.3 Å². The molecule has 1 aliphatic heterocycles. The van der Waals surface area contributed by atoms with E-state index < -0.39 is 0 Å². The van der Waals surface area contributed by atoms with Gasteiger partial charge in [0.1, 0.15) is 11.5 Å². The molecule has 0 spiro atoms. The molecule has 1 aliphatic rings. The van der Waals surface area contributed by atoms with Gasteiger partial charge in [-0.15, -0.1) is 0 Å². The van der Waals surface area contributed by atoms with Gasteiger partial charge in [0.05, 0.1) is 11.7 Å². The normalized spacial score (nSPS) is 21.5. The Balaban J connectivity index is 2.17. The molecule has 1 saturated heterocycles. The molecule has 19 heavy (non-hydrogen) atoms. The summed E-state index contributed by atoms with van der Waals surface area (Å²) in [7, 11) is 0. The molecule has 4 heteroatoms. The van der Waals surface area contributed by atoms with E-state index in [1.54, 1.807) is 6.92 Å². The van der Waals surface area contributed by atoms with E-state index in [9.17, 15) is 9.90 Å². The van der Waals surface area contributed by atoms with E-state index in [0.717, 1.165) is 31.6 Å². The second kappa shape index (κ2) is 5.78. The molecule has 106 valence electrons. The van der Waals surface area contributed by atoms with Gasteiger partial charge in [-0.25, -0.2) is 0 Å². The molecule has 2 atom stereocenters. The Hall–Kier alpha value is -1.29. The largest absolute Gasteiger partial charge is 0.466 e. The number of aliphatic hydroxyl groups is 1. The fraction of sp³-hybridized carbons (Fsp3) is 0.667. The van der Waals surface area contributed by atoms with Crippen LogP contribution in [0.2, 0.25) is 0 Å². The van der Waals surface area contributed by atoms with Crippen LogP contribution in [0.25, 0.3) is 0 Å². The Morgan fingerprint density at radius 1 is 1.53 bits per heavy atom. The van der Waals surface area contributed by atoms with Crippen molar-refractivity contribution in [1.82, 2.24) is 4.90 Å². The summed E-state index contributed by atoms with van der Waals surface area (Å²) in [5.41, 5.74) is 0.662. The maximum atomic E-state index is 12.6. The van der Waals surface area contributed by atoms with Crippen molar-refractivity contribution in [1.29, 1.82) is 0 Å². The van der Waals surface area contributed by atoms with E-state index in [2.05, 4.69) is 0 Å². The third-order valence-corrected chi connectivity index (χ3v) is 3.77. The molecule has 2 heterocycles. The van der Waals surface area contributed by atoms with Gasteiger partial charge in [0.25, 0.3) is 5.91 Å². The number of nitrogens with zero attached hydrogens (tertiary/aromatic N) is 1. The summed E-state index contributed by atoms with van der Waals surface area (Å²) in [5, 5.41) is 9.58. The van der Waals surface area contributed by atoms with Gasteiger partial charge >= 0.3 is 0 Å². The average Bonchev–Trinajstić information content (AvgIpc) is 2.67. The molecule has 1 aromatic rings. The van der Waals surface area contributed by atoms with Crippen LogP contribution in [0.3, 0.4) is 0 Å². The Morgan fingerprint density at radius 2 is 2.26 bits per heavy atom. The molecule has 0 radical (unpaired) electrons. The van der Waals surface area contributed by atoms with Crippen LogP contribution in [0.1, 0.15) is 54.5 Å². The number of carbonyl (C=O) groups is 1. The first-order valence-electron chi connectivity index (χ1n) is 7.05. The average molecular weight is 265 g/mol. The van der Waals surface area contributed by atoms with Crippen molar-refractivity contribution in [2.24, 2.45) is 0 Å². The summed E-state index contributed by atoms with van der Waals surface area (Å²) < 4.78 is 5.45. The van der Waals surface area contributed by atoms with Crippen molar-refractivity contribution in [3.05, 3.63) is 23.2 Å². The number of aryl methyl sites for hydroxylation is 2. The quantitative estimate of drug-likeness (QED) is 0.914. The maximum Gasteiger partial charge on any atom is 0.257 e. The summed E-state index contributed by atoms with van der Waals surface area (Å²) in [5.74, 6) is 1.49. The molecule has 1 fully saturated rings. The molecule has 0 aliphatic carbocycles. The second-order valence-corrected chi connectivity index (χ2v) is 5.56. The van der Waals surface area contributed by atoms with Crippen LogP contribution < -0.4 is 0 Å². The molecular weight excluding hydrogens is 242 g/mol. The number of hydrogen-bond acceptors (Lipinski definition) is 3. The van der Waals surface area contributed by atoms with Crippen LogP contribution in [0.15, 0.2) is 10.5 Å². The van der Waals surface area contributed by atoms with Crippen molar-refractivity contribution in [3.8, 4) is 0 Å². The van der Waals surface area contributed by atoms with Crippen molar-refractivity contribution in [3.63, 3.8) is 0 Å². The lowest BCUT2D eigenvalue weighted by Crippen LogP contribution is -2.45. The number of amides is 1. The highest BCUT2D eigenvalue weighted by Crippen LogP contribution is 2.25. The smallest absolute Gasteiger partial charge is 0.257 e. The van der Waals surface area contributed by atoms with Crippen molar-refractivity contribution in [2.45, 2.75) is 58.6 Å². The van der Waals surface area contributed by atoms with E-state index in [1.165, 1.54) is 0 Å². The number of hydrogen-bond donors (Lipinski definition) is 1. The van der Waals surface area contributed by atoms with Gasteiger partial charge in [-0.3, -0.25) is 4.79 Å². The first kappa shape index (κ1) is 14.1. The number of furan rings is 1. The first-order valence-corrected chi connectivity index (χ1v) is 7.05. The van der Waals surface area contributed by atoms with Crippen LogP contribution in [0, 0.1) is 13.8 Å². The van der Waals surface area contributed by atoms with Crippen LogP contribution in [-0.2, 0) is 0 Å². The minimum atomic E-state index is -0.370. The van der Waals surface area contributed by atoms with Gasteiger partial charge < -0.3 is 14.4 Å². The lowest BCUT2D eigenvalue weighted by molar-refractivity contribution is 0.0513. The summed E-state index contributed by atoms with van der Waals surface area (Å²) in [6.45, 7) is 6.24. The summed E-state index contributed by atoms with van der Waals surface area (Å²) >= 11 is 0. The molecule has 0 bridgehead atoms. The van der Waals surface area contributed by atoms with Gasteiger partial charge in [0.15, 0.2) is 0 Å². The van der Waals surface area contributed by atoms with Crippen LogP contribution in [0.4, 0.5) is 0 Å². The SMILES string of the molecule is Cc1cc(C(=O)N2CCCCC2CC(C)O)c(C)o1. The van der Waals surface area contributed by atoms with E-state index in [4.69, 9.17) is 4.42 Å². The monoisotopic (exact) mass is 265 g/mol. The Morgan fingerprint density at radius 3 is 2.84 bits per heavy atom. The fourth-order valence-electron chi connectivity index (χ4n) is 2.90. The Bertz CT molecular complexity index is 450. The van der Waals surface area contributed by atoms with Gasteiger partial charge in [0.2, 0.25) is 0 Å².